The SMILES string of the molecule is C[C@H](O)c1c(F)cccc1N1CC(O)CC1CN(C)C. The van der Waals surface area contributed by atoms with E-state index in [2.05, 4.69) is 4.90 Å². The van der Waals surface area contributed by atoms with Crippen molar-refractivity contribution in [1.29, 1.82) is 0 Å². The molecule has 0 bridgehead atoms. The maximum Gasteiger partial charge on any atom is 0.131 e. The van der Waals surface area contributed by atoms with Gasteiger partial charge in [0.15, 0.2) is 0 Å². The molecule has 4 nitrogen and oxygen atoms in total. The zero-order chi connectivity index (χ0) is 14.9. The van der Waals surface area contributed by atoms with E-state index in [-0.39, 0.29) is 6.04 Å². The number of rotatable bonds is 4. The van der Waals surface area contributed by atoms with E-state index in [1.807, 2.05) is 25.1 Å². The third-order valence-electron chi connectivity index (χ3n) is 3.73. The fourth-order valence-electron chi connectivity index (χ4n) is 2.97. The van der Waals surface area contributed by atoms with Crippen molar-refractivity contribution >= 4 is 5.69 Å². The fourth-order valence-corrected chi connectivity index (χ4v) is 2.97. The normalized spacial score (nSPS) is 24.4. The van der Waals surface area contributed by atoms with Crippen molar-refractivity contribution in [3.05, 3.63) is 29.6 Å². The van der Waals surface area contributed by atoms with Crippen molar-refractivity contribution < 1.29 is 14.6 Å². The first-order chi connectivity index (χ1) is 9.40. The number of halogens is 1. The van der Waals surface area contributed by atoms with Crippen molar-refractivity contribution in [2.75, 3.05) is 32.1 Å². The summed E-state index contributed by atoms with van der Waals surface area (Å²) in [6.07, 6.45) is -0.623. The summed E-state index contributed by atoms with van der Waals surface area (Å²) in [6.45, 7) is 2.82. The van der Waals surface area contributed by atoms with Crippen LogP contribution in [0.15, 0.2) is 18.2 Å². The smallest absolute Gasteiger partial charge is 0.131 e. The molecule has 1 aliphatic rings. The molecular weight excluding hydrogens is 259 g/mol. The molecule has 2 N–H and O–H groups in total. The number of aliphatic hydroxyl groups excluding tert-OH is 2. The van der Waals surface area contributed by atoms with Gasteiger partial charge in [0, 0.05) is 30.4 Å². The van der Waals surface area contributed by atoms with Crippen LogP contribution in [0.25, 0.3) is 0 Å². The molecule has 1 aromatic rings. The second-order valence-corrected chi connectivity index (χ2v) is 5.81. The van der Waals surface area contributed by atoms with Gasteiger partial charge < -0.3 is 20.0 Å². The largest absolute Gasteiger partial charge is 0.391 e. The lowest BCUT2D eigenvalue weighted by Gasteiger charge is -2.31. The Morgan fingerprint density at radius 1 is 1.45 bits per heavy atom. The molecule has 20 heavy (non-hydrogen) atoms. The predicted octanol–water partition coefficient (Wildman–Crippen LogP) is 1.38. The first kappa shape index (κ1) is 15.2. The van der Waals surface area contributed by atoms with Crippen LogP contribution in [0, 0.1) is 5.82 Å². The van der Waals surface area contributed by atoms with E-state index < -0.39 is 18.0 Å². The minimum absolute atomic E-state index is 0.124. The van der Waals surface area contributed by atoms with Crippen LogP contribution in [0.2, 0.25) is 0 Å². The van der Waals surface area contributed by atoms with Gasteiger partial charge in [0.05, 0.1) is 12.2 Å². The molecule has 0 spiro atoms. The second-order valence-electron chi connectivity index (χ2n) is 5.81. The molecule has 1 aliphatic heterocycles. The third kappa shape index (κ3) is 3.11. The standard InChI is InChI=1S/C15H23FN2O2/c1-10(19)15-13(16)5-4-6-14(15)18-9-12(20)7-11(18)8-17(2)3/h4-6,10-12,19-20H,7-9H2,1-3H3/t10-,11?,12?/m0/s1. The Morgan fingerprint density at radius 3 is 2.75 bits per heavy atom. The molecule has 112 valence electrons. The molecule has 2 rings (SSSR count). The number of likely N-dealkylation sites (N-methyl/N-ethyl adjacent to an activating group) is 1. The minimum atomic E-state index is -0.871. The Kier molecular flexibility index (Phi) is 4.62. The van der Waals surface area contributed by atoms with E-state index in [0.717, 1.165) is 6.54 Å². The average molecular weight is 282 g/mol. The van der Waals surface area contributed by atoms with Gasteiger partial charge in [-0.15, -0.1) is 0 Å². The van der Waals surface area contributed by atoms with E-state index in [1.165, 1.54) is 6.07 Å². The van der Waals surface area contributed by atoms with Crippen molar-refractivity contribution in [3.8, 4) is 0 Å². The monoisotopic (exact) mass is 282 g/mol. The summed E-state index contributed by atoms with van der Waals surface area (Å²) < 4.78 is 14.0. The number of hydrogen-bond acceptors (Lipinski definition) is 4. The highest BCUT2D eigenvalue weighted by Crippen LogP contribution is 2.33. The Bertz CT molecular complexity index is 465. The van der Waals surface area contributed by atoms with Gasteiger partial charge in [0.25, 0.3) is 0 Å². The van der Waals surface area contributed by atoms with Crippen LogP contribution in [-0.4, -0.2) is 54.4 Å². The van der Waals surface area contributed by atoms with Gasteiger partial charge in [-0.2, -0.15) is 0 Å². The number of nitrogens with zero attached hydrogens (tertiary/aromatic N) is 2. The van der Waals surface area contributed by atoms with Gasteiger partial charge in [0.1, 0.15) is 5.82 Å². The number of anilines is 1. The zero-order valence-electron chi connectivity index (χ0n) is 12.3. The lowest BCUT2D eigenvalue weighted by Crippen LogP contribution is -2.38. The lowest BCUT2D eigenvalue weighted by molar-refractivity contribution is 0.190. The van der Waals surface area contributed by atoms with Gasteiger partial charge in [-0.3, -0.25) is 0 Å². The quantitative estimate of drug-likeness (QED) is 0.876. The highest BCUT2D eigenvalue weighted by Gasteiger charge is 2.33. The lowest BCUT2D eigenvalue weighted by atomic mass is 10.1. The summed E-state index contributed by atoms with van der Waals surface area (Å²) in [5, 5.41) is 19.8. The van der Waals surface area contributed by atoms with Gasteiger partial charge in [0.2, 0.25) is 0 Å². The van der Waals surface area contributed by atoms with Crippen LogP contribution in [0.4, 0.5) is 10.1 Å². The minimum Gasteiger partial charge on any atom is -0.391 e. The Labute approximate surface area is 119 Å². The molecule has 0 amide bonds. The topological polar surface area (TPSA) is 46.9 Å². The molecule has 0 aliphatic carbocycles. The third-order valence-corrected chi connectivity index (χ3v) is 3.73. The van der Waals surface area contributed by atoms with Crippen LogP contribution in [0.3, 0.4) is 0 Å². The van der Waals surface area contributed by atoms with Crippen LogP contribution in [0.5, 0.6) is 0 Å². The number of hydrogen-bond donors (Lipinski definition) is 2. The van der Waals surface area contributed by atoms with Crippen LogP contribution in [-0.2, 0) is 0 Å². The molecule has 3 atom stereocenters. The van der Waals surface area contributed by atoms with Crippen LogP contribution in [0.1, 0.15) is 25.0 Å². The maximum atomic E-state index is 14.0. The number of β-amino-alcohol motifs (C(OH)–C–C–N with tert-alkyl or cyclic N) is 1. The highest BCUT2D eigenvalue weighted by atomic mass is 19.1. The molecule has 1 fully saturated rings. The molecule has 0 radical (unpaired) electrons. The average Bonchev–Trinajstić information content (AvgIpc) is 2.68. The van der Waals surface area contributed by atoms with E-state index in [0.29, 0.717) is 24.2 Å². The molecule has 1 aromatic carbocycles. The number of aliphatic hydroxyl groups is 2. The molecule has 0 aromatic heterocycles. The van der Waals surface area contributed by atoms with E-state index in [1.54, 1.807) is 13.0 Å². The maximum absolute atomic E-state index is 14.0. The summed E-state index contributed by atoms with van der Waals surface area (Å²) in [7, 11) is 3.95. The second kappa shape index (κ2) is 6.08. The summed E-state index contributed by atoms with van der Waals surface area (Å²) in [5.41, 5.74) is 0.994. The summed E-state index contributed by atoms with van der Waals surface area (Å²) in [4.78, 5) is 4.06. The molecule has 2 unspecified atom stereocenters. The molecule has 1 saturated heterocycles. The van der Waals surface area contributed by atoms with Crippen molar-refractivity contribution in [2.24, 2.45) is 0 Å². The fraction of sp³-hybridized carbons (Fsp3) is 0.600. The Morgan fingerprint density at radius 2 is 2.15 bits per heavy atom. The first-order valence-electron chi connectivity index (χ1n) is 6.96. The molecular formula is C15H23FN2O2. The van der Waals surface area contributed by atoms with E-state index in [9.17, 15) is 14.6 Å². The summed E-state index contributed by atoms with van der Waals surface area (Å²) in [5.74, 6) is -0.400. The predicted molar refractivity (Wildman–Crippen MR) is 77.3 cm³/mol. The van der Waals surface area contributed by atoms with Crippen molar-refractivity contribution in [2.45, 2.75) is 31.6 Å². The van der Waals surface area contributed by atoms with Gasteiger partial charge in [-0.25, -0.2) is 4.39 Å². The van der Waals surface area contributed by atoms with Gasteiger partial charge in [-0.1, -0.05) is 6.07 Å². The Balaban J connectivity index is 2.36. The zero-order valence-corrected chi connectivity index (χ0v) is 12.3. The van der Waals surface area contributed by atoms with Crippen LogP contribution >= 0.6 is 0 Å². The molecule has 5 heteroatoms. The van der Waals surface area contributed by atoms with Crippen LogP contribution < -0.4 is 4.90 Å². The summed E-state index contributed by atoms with van der Waals surface area (Å²) in [6, 6.07) is 4.94. The van der Waals surface area contributed by atoms with E-state index >= 15 is 0 Å². The number of benzene rings is 1. The van der Waals surface area contributed by atoms with Crippen molar-refractivity contribution in [3.63, 3.8) is 0 Å². The Hall–Kier alpha value is -1.17. The van der Waals surface area contributed by atoms with Gasteiger partial charge in [-0.05, 0) is 39.6 Å². The van der Waals surface area contributed by atoms with E-state index in [4.69, 9.17) is 0 Å². The summed E-state index contributed by atoms with van der Waals surface area (Å²) >= 11 is 0. The highest BCUT2D eigenvalue weighted by molar-refractivity contribution is 5.57. The van der Waals surface area contributed by atoms with Gasteiger partial charge >= 0.3 is 0 Å². The molecule has 0 saturated carbocycles. The molecule has 1 heterocycles. The van der Waals surface area contributed by atoms with Crippen molar-refractivity contribution in [1.82, 2.24) is 4.90 Å². The first-order valence-corrected chi connectivity index (χ1v) is 6.96.